The van der Waals surface area contributed by atoms with Gasteiger partial charge in [0.25, 0.3) is 0 Å². The van der Waals surface area contributed by atoms with E-state index in [0.29, 0.717) is 32.9 Å². The van der Waals surface area contributed by atoms with Crippen molar-refractivity contribution < 1.29 is 8.42 Å². The molecule has 5 heteroatoms. The molecule has 1 aliphatic heterocycles. The van der Waals surface area contributed by atoms with Crippen molar-refractivity contribution in [1.82, 2.24) is 9.55 Å². The summed E-state index contributed by atoms with van der Waals surface area (Å²) in [6, 6.07) is 47.6. The van der Waals surface area contributed by atoms with Gasteiger partial charge in [0, 0.05) is 6.42 Å². The Morgan fingerprint density at radius 3 is 1.78 bits per heavy atom. The van der Waals surface area contributed by atoms with E-state index in [4.69, 9.17) is 4.98 Å². The molecule has 0 spiro atoms. The normalized spacial score (nSPS) is 13.3. The number of aryl methyl sites for hydroxylation is 1. The molecule has 7 aromatic carbocycles. The smallest absolute Gasteiger partial charge is 0.210 e. The third kappa shape index (κ3) is 3.79. The predicted molar refractivity (Wildman–Crippen MR) is 187 cm³/mol. The van der Waals surface area contributed by atoms with Gasteiger partial charge in [0.05, 0.1) is 26.5 Å². The van der Waals surface area contributed by atoms with Gasteiger partial charge in [0.15, 0.2) is 0 Å². The van der Waals surface area contributed by atoms with Crippen molar-refractivity contribution in [1.29, 1.82) is 0 Å². The number of hydrogen-bond donors (Lipinski definition) is 0. The fourth-order valence-corrected chi connectivity index (χ4v) is 8.90. The summed E-state index contributed by atoms with van der Waals surface area (Å²) in [5, 5.41) is 4.81. The minimum Gasteiger partial charge on any atom is -0.294 e. The highest BCUT2D eigenvalue weighted by Crippen LogP contribution is 2.45. The molecule has 4 nitrogen and oxygen atoms in total. The van der Waals surface area contributed by atoms with Crippen LogP contribution in [0.1, 0.15) is 12.7 Å². The summed E-state index contributed by atoms with van der Waals surface area (Å²) >= 11 is 0. The third-order valence-corrected chi connectivity index (χ3v) is 11.1. The van der Waals surface area contributed by atoms with Crippen LogP contribution in [0.5, 0.6) is 0 Å². The maximum absolute atomic E-state index is 13.8. The van der Waals surface area contributed by atoms with Crippen LogP contribution in [-0.4, -0.2) is 18.0 Å². The second-order valence-corrected chi connectivity index (χ2v) is 13.7. The summed E-state index contributed by atoms with van der Waals surface area (Å²) in [7, 11) is -3.69. The average Bonchev–Trinajstić information content (AvgIpc) is 3.49. The van der Waals surface area contributed by atoms with Crippen LogP contribution < -0.4 is 0 Å². The van der Waals surface area contributed by atoms with E-state index < -0.39 is 9.84 Å². The molecule has 46 heavy (non-hydrogen) atoms. The van der Waals surface area contributed by atoms with E-state index in [-0.39, 0.29) is 0 Å². The highest BCUT2D eigenvalue weighted by atomic mass is 32.2. The Balaban J connectivity index is 1.28. The lowest BCUT2D eigenvalue weighted by molar-refractivity contribution is 0.594. The molecule has 0 N–H and O–H groups in total. The van der Waals surface area contributed by atoms with Gasteiger partial charge in [0.2, 0.25) is 9.84 Å². The number of fused-ring (bicyclic) bond motifs is 4. The highest BCUT2D eigenvalue weighted by molar-refractivity contribution is 7.92. The first-order valence-electron chi connectivity index (χ1n) is 15.5. The lowest BCUT2D eigenvalue weighted by atomic mass is 9.85. The first kappa shape index (κ1) is 26.8. The van der Waals surface area contributed by atoms with Crippen molar-refractivity contribution in [3.63, 3.8) is 0 Å². The summed E-state index contributed by atoms with van der Waals surface area (Å²) < 4.78 is 29.6. The Labute approximate surface area is 267 Å². The molecule has 0 unspecified atom stereocenters. The number of nitrogens with zero attached hydrogens (tertiary/aromatic N) is 2. The molecule has 1 aromatic heterocycles. The van der Waals surface area contributed by atoms with Crippen molar-refractivity contribution in [2.75, 3.05) is 0 Å². The lowest BCUT2D eigenvalue weighted by Crippen LogP contribution is -2.15. The molecule has 0 radical (unpaired) electrons. The minimum absolute atomic E-state index is 0.314. The molecule has 0 bridgehead atoms. The summed E-state index contributed by atoms with van der Waals surface area (Å²) in [6.45, 7) is 2.05. The maximum Gasteiger partial charge on any atom is 0.210 e. The second kappa shape index (κ2) is 9.99. The van der Waals surface area contributed by atoms with Gasteiger partial charge in [-0.2, -0.15) is 0 Å². The van der Waals surface area contributed by atoms with Crippen molar-refractivity contribution >= 4 is 42.4 Å². The topological polar surface area (TPSA) is 52.0 Å². The first-order chi connectivity index (χ1) is 22.5. The molecule has 0 fully saturated rings. The van der Waals surface area contributed by atoms with Gasteiger partial charge >= 0.3 is 0 Å². The monoisotopic (exact) mass is 612 g/mol. The Kier molecular flexibility index (Phi) is 5.83. The number of rotatable bonds is 4. The van der Waals surface area contributed by atoms with Crippen molar-refractivity contribution in [3.8, 4) is 39.1 Å². The van der Waals surface area contributed by atoms with E-state index in [1.54, 1.807) is 18.2 Å². The summed E-state index contributed by atoms with van der Waals surface area (Å²) in [6.07, 6.45) is 0.687. The van der Waals surface area contributed by atoms with Crippen LogP contribution in [0.15, 0.2) is 149 Å². The largest absolute Gasteiger partial charge is 0.294 e. The third-order valence-electron chi connectivity index (χ3n) is 9.28. The highest BCUT2D eigenvalue weighted by Gasteiger charge is 2.33. The van der Waals surface area contributed by atoms with Gasteiger partial charge in [0.1, 0.15) is 5.82 Å². The number of aromatic nitrogens is 2. The number of para-hydroxylation sites is 1. The summed E-state index contributed by atoms with van der Waals surface area (Å²) in [5.41, 5.74) is 8.72. The van der Waals surface area contributed by atoms with Crippen LogP contribution in [0, 0.1) is 0 Å². The zero-order chi connectivity index (χ0) is 31.0. The molecule has 220 valence electrons. The van der Waals surface area contributed by atoms with Gasteiger partial charge in [-0.1, -0.05) is 116 Å². The molecular weight excluding hydrogens is 585 g/mol. The summed E-state index contributed by atoms with van der Waals surface area (Å²) in [4.78, 5) is 5.44. The Morgan fingerprint density at radius 2 is 1.11 bits per heavy atom. The van der Waals surface area contributed by atoms with E-state index in [9.17, 15) is 8.42 Å². The fourth-order valence-electron chi connectivity index (χ4n) is 7.28. The second-order valence-electron chi connectivity index (χ2n) is 11.8. The fraction of sp³-hybridized carbons (Fsp3) is 0.0488. The van der Waals surface area contributed by atoms with Gasteiger partial charge in [-0.15, -0.1) is 0 Å². The first-order valence-corrected chi connectivity index (χ1v) is 17.0. The molecule has 9 rings (SSSR count). The van der Waals surface area contributed by atoms with Crippen LogP contribution >= 0.6 is 0 Å². The molecule has 0 aliphatic carbocycles. The van der Waals surface area contributed by atoms with E-state index in [1.807, 2.05) is 22.8 Å². The summed E-state index contributed by atoms with van der Waals surface area (Å²) in [5.74, 6) is 0.848. The minimum atomic E-state index is -3.69. The van der Waals surface area contributed by atoms with Crippen LogP contribution in [0.3, 0.4) is 0 Å². The van der Waals surface area contributed by atoms with E-state index >= 15 is 0 Å². The Hall–Kier alpha value is -5.52. The van der Waals surface area contributed by atoms with Gasteiger partial charge in [-0.3, -0.25) is 4.57 Å². The maximum atomic E-state index is 13.8. The molecule has 2 heterocycles. The molecule has 0 saturated heterocycles. The zero-order valence-electron chi connectivity index (χ0n) is 25.1. The van der Waals surface area contributed by atoms with Crippen LogP contribution in [0.2, 0.25) is 0 Å². The van der Waals surface area contributed by atoms with Gasteiger partial charge in [-0.25, -0.2) is 13.4 Å². The predicted octanol–water partition coefficient (Wildman–Crippen LogP) is 10.0. The van der Waals surface area contributed by atoms with Crippen LogP contribution in [-0.2, 0) is 16.3 Å². The van der Waals surface area contributed by atoms with Gasteiger partial charge < -0.3 is 0 Å². The number of imidazole rings is 1. The molecule has 0 amide bonds. The molecule has 0 atom stereocenters. The number of hydrogen-bond acceptors (Lipinski definition) is 3. The number of benzene rings is 7. The van der Waals surface area contributed by atoms with E-state index in [1.165, 1.54) is 38.2 Å². The Morgan fingerprint density at radius 1 is 0.543 bits per heavy atom. The van der Waals surface area contributed by atoms with Crippen LogP contribution in [0.4, 0.5) is 0 Å². The van der Waals surface area contributed by atoms with Crippen molar-refractivity contribution in [2.24, 2.45) is 0 Å². The molecule has 1 aliphatic rings. The standard InChI is InChI=1S/C41H28N2O2S/c1-2-38-42-34-20-11-21-37-41(34)43(38)35-25-28(22-23-36(35)46(37,44)45)27-14-10-15-29(24-27)40-32-18-8-6-16-30(32)39(26-12-4-3-5-13-26)31-17-7-9-19-33(31)40/h3-25H,2H2,1H3. The van der Waals surface area contributed by atoms with Crippen molar-refractivity contribution in [2.45, 2.75) is 23.1 Å². The zero-order valence-corrected chi connectivity index (χ0v) is 25.9. The number of sulfone groups is 1. The molecular formula is C41H28N2O2S. The SMILES string of the molecule is CCc1nc2cccc3c2n1-c1cc(-c2cccc(-c4c5ccccc5c(-c5ccccc5)c5ccccc45)c2)ccc1S3(=O)=O. The quantitative estimate of drug-likeness (QED) is 0.186. The lowest BCUT2D eigenvalue weighted by Gasteiger charge is -2.22. The van der Waals surface area contributed by atoms with Gasteiger partial charge in [-0.05, 0) is 85.3 Å². The van der Waals surface area contributed by atoms with Crippen molar-refractivity contribution in [3.05, 3.63) is 145 Å². The Bertz CT molecular complexity index is 2580. The molecule has 0 saturated carbocycles. The average molecular weight is 613 g/mol. The molecule has 8 aromatic rings. The van der Waals surface area contributed by atoms with E-state index in [0.717, 1.165) is 22.5 Å². The van der Waals surface area contributed by atoms with Crippen LogP contribution in [0.25, 0.3) is 71.6 Å². The van der Waals surface area contributed by atoms with E-state index in [2.05, 4.69) is 110 Å².